The van der Waals surface area contributed by atoms with Crippen LogP contribution in [0.5, 0.6) is 11.5 Å². The summed E-state index contributed by atoms with van der Waals surface area (Å²) in [5.74, 6) is 1.21. The fourth-order valence-electron chi connectivity index (χ4n) is 2.66. The molecular formula is C15H24ClNO2. The first-order valence-corrected chi connectivity index (χ1v) is 6.94. The Bertz CT molecular complexity index is 392. The maximum atomic E-state index is 9.92. The van der Waals surface area contributed by atoms with Crippen molar-refractivity contribution in [2.75, 3.05) is 19.7 Å². The van der Waals surface area contributed by atoms with Crippen molar-refractivity contribution in [2.24, 2.45) is 0 Å². The molecule has 0 amide bonds. The monoisotopic (exact) mass is 285 g/mol. The second-order valence-electron chi connectivity index (χ2n) is 4.96. The lowest BCUT2D eigenvalue weighted by molar-refractivity contribution is 0.118. The third kappa shape index (κ3) is 3.77. The number of benzene rings is 1. The maximum absolute atomic E-state index is 9.92. The zero-order valence-electron chi connectivity index (χ0n) is 11.8. The van der Waals surface area contributed by atoms with Gasteiger partial charge in [0.15, 0.2) is 0 Å². The number of rotatable bonds is 5. The summed E-state index contributed by atoms with van der Waals surface area (Å²) in [5.41, 5.74) is 0.964. The summed E-state index contributed by atoms with van der Waals surface area (Å²) in [7, 11) is 0. The Morgan fingerprint density at radius 2 is 1.95 bits per heavy atom. The van der Waals surface area contributed by atoms with Crippen LogP contribution in [0.25, 0.3) is 0 Å². The predicted molar refractivity (Wildman–Crippen MR) is 80.5 cm³/mol. The second-order valence-corrected chi connectivity index (χ2v) is 4.96. The zero-order valence-corrected chi connectivity index (χ0v) is 12.6. The summed E-state index contributed by atoms with van der Waals surface area (Å²) in [6.45, 7) is 7.35. The number of ether oxygens (including phenoxy) is 1. The molecule has 0 fully saturated rings. The molecule has 0 saturated carbocycles. The molecule has 4 heteroatoms. The minimum atomic E-state index is 0. The van der Waals surface area contributed by atoms with Crippen LogP contribution in [-0.2, 0) is 6.42 Å². The smallest absolute Gasteiger partial charge is 0.126 e. The number of fused-ring (bicyclic) bond motifs is 1. The number of aromatic hydroxyl groups is 1. The van der Waals surface area contributed by atoms with Crippen LogP contribution in [0.15, 0.2) is 18.2 Å². The number of nitrogens with zero attached hydrogens (tertiary/aromatic N) is 1. The molecule has 0 spiro atoms. The molecule has 1 heterocycles. The van der Waals surface area contributed by atoms with Gasteiger partial charge < -0.3 is 9.84 Å². The van der Waals surface area contributed by atoms with E-state index in [1.807, 2.05) is 12.1 Å². The fourth-order valence-corrected chi connectivity index (χ4v) is 2.66. The van der Waals surface area contributed by atoms with Crippen LogP contribution >= 0.6 is 12.4 Å². The Kier molecular flexibility index (Phi) is 6.46. The topological polar surface area (TPSA) is 32.7 Å². The van der Waals surface area contributed by atoms with E-state index in [1.165, 1.54) is 0 Å². The number of hydrogen-bond donors (Lipinski definition) is 1. The average molecular weight is 286 g/mol. The van der Waals surface area contributed by atoms with Gasteiger partial charge >= 0.3 is 0 Å². The van der Waals surface area contributed by atoms with Gasteiger partial charge in [0.2, 0.25) is 0 Å². The molecule has 1 aromatic carbocycles. The first kappa shape index (κ1) is 16.1. The molecule has 0 aromatic heterocycles. The summed E-state index contributed by atoms with van der Waals surface area (Å²) in [6, 6.07) is 5.92. The highest BCUT2D eigenvalue weighted by Gasteiger charge is 2.26. The molecule has 3 nitrogen and oxygen atoms in total. The van der Waals surface area contributed by atoms with Gasteiger partial charge in [0.25, 0.3) is 0 Å². The molecule has 0 saturated heterocycles. The molecule has 1 unspecified atom stereocenters. The van der Waals surface area contributed by atoms with Gasteiger partial charge in [0, 0.05) is 11.6 Å². The Labute approximate surface area is 122 Å². The minimum Gasteiger partial charge on any atom is -0.508 e. The second kappa shape index (κ2) is 7.61. The van der Waals surface area contributed by atoms with Gasteiger partial charge in [-0.15, -0.1) is 12.4 Å². The van der Waals surface area contributed by atoms with Crippen molar-refractivity contribution in [3.05, 3.63) is 23.8 Å². The number of hydrogen-bond acceptors (Lipinski definition) is 3. The van der Waals surface area contributed by atoms with E-state index >= 15 is 0 Å². The van der Waals surface area contributed by atoms with Crippen molar-refractivity contribution in [1.82, 2.24) is 4.90 Å². The van der Waals surface area contributed by atoms with Gasteiger partial charge in [-0.1, -0.05) is 19.9 Å². The lowest BCUT2D eigenvalue weighted by Gasteiger charge is -2.35. The van der Waals surface area contributed by atoms with Crippen molar-refractivity contribution in [3.8, 4) is 11.5 Å². The zero-order chi connectivity index (χ0) is 13.0. The molecule has 19 heavy (non-hydrogen) atoms. The SMILES string of the molecule is CCCN(CCC)C1COc2cccc(O)c2C1.Cl. The summed E-state index contributed by atoms with van der Waals surface area (Å²) >= 11 is 0. The van der Waals surface area contributed by atoms with Gasteiger partial charge in [-0.25, -0.2) is 0 Å². The molecular weight excluding hydrogens is 262 g/mol. The Morgan fingerprint density at radius 1 is 1.26 bits per heavy atom. The summed E-state index contributed by atoms with van der Waals surface area (Å²) < 4.78 is 5.79. The molecule has 1 aliphatic heterocycles. The Hall–Kier alpha value is -0.930. The quantitative estimate of drug-likeness (QED) is 0.901. The fraction of sp³-hybridized carbons (Fsp3) is 0.600. The first-order valence-electron chi connectivity index (χ1n) is 6.94. The van der Waals surface area contributed by atoms with Gasteiger partial charge in [0.1, 0.15) is 18.1 Å². The van der Waals surface area contributed by atoms with E-state index in [4.69, 9.17) is 4.74 Å². The molecule has 0 radical (unpaired) electrons. The van der Waals surface area contributed by atoms with E-state index in [9.17, 15) is 5.11 Å². The molecule has 0 aliphatic carbocycles. The molecule has 108 valence electrons. The van der Waals surface area contributed by atoms with Gasteiger partial charge in [0.05, 0.1) is 0 Å². The van der Waals surface area contributed by atoms with Crippen molar-refractivity contribution >= 4 is 12.4 Å². The van der Waals surface area contributed by atoms with Crippen LogP contribution in [0.2, 0.25) is 0 Å². The summed E-state index contributed by atoms with van der Waals surface area (Å²) in [6.07, 6.45) is 3.20. The predicted octanol–water partition coefficient (Wildman–Crippen LogP) is 3.24. The molecule has 0 bridgehead atoms. The van der Waals surface area contributed by atoms with Crippen LogP contribution in [0.4, 0.5) is 0 Å². The molecule has 1 aromatic rings. The van der Waals surface area contributed by atoms with Crippen LogP contribution < -0.4 is 4.74 Å². The number of phenolic OH excluding ortho intramolecular Hbond substituents is 1. The van der Waals surface area contributed by atoms with Gasteiger partial charge in [-0.2, -0.15) is 0 Å². The molecule has 1 aliphatic rings. The minimum absolute atomic E-state index is 0. The summed E-state index contributed by atoms with van der Waals surface area (Å²) in [5, 5.41) is 9.92. The third-order valence-corrected chi connectivity index (χ3v) is 3.52. The Morgan fingerprint density at radius 3 is 2.58 bits per heavy atom. The Balaban J connectivity index is 0.00000180. The van der Waals surface area contributed by atoms with Crippen molar-refractivity contribution in [2.45, 2.75) is 39.2 Å². The van der Waals surface area contributed by atoms with E-state index in [0.717, 1.165) is 50.3 Å². The largest absolute Gasteiger partial charge is 0.508 e. The average Bonchev–Trinajstić information content (AvgIpc) is 2.39. The number of halogens is 1. The highest BCUT2D eigenvalue weighted by molar-refractivity contribution is 5.85. The van der Waals surface area contributed by atoms with Crippen molar-refractivity contribution in [3.63, 3.8) is 0 Å². The van der Waals surface area contributed by atoms with Crippen LogP contribution in [0, 0.1) is 0 Å². The van der Waals surface area contributed by atoms with Gasteiger partial charge in [-0.05, 0) is 44.5 Å². The van der Waals surface area contributed by atoms with Crippen LogP contribution in [0.1, 0.15) is 32.3 Å². The number of phenols is 1. The van der Waals surface area contributed by atoms with Crippen LogP contribution in [-0.4, -0.2) is 35.7 Å². The van der Waals surface area contributed by atoms with Crippen molar-refractivity contribution < 1.29 is 9.84 Å². The van der Waals surface area contributed by atoms with E-state index in [0.29, 0.717) is 11.8 Å². The summed E-state index contributed by atoms with van der Waals surface area (Å²) in [4.78, 5) is 2.48. The van der Waals surface area contributed by atoms with E-state index in [-0.39, 0.29) is 12.4 Å². The first-order chi connectivity index (χ1) is 8.76. The highest BCUT2D eigenvalue weighted by atomic mass is 35.5. The van der Waals surface area contributed by atoms with E-state index in [2.05, 4.69) is 18.7 Å². The lowest BCUT2D eigenvalue weighted by atomic mass is 10.00. The van der Waals surface area contributed by atoms with Gasteiger partial charge in [-0.3, -0.25) is 4.90 Å². The van der Waals surface area contributed by atoms with Crippen molar-refractivity contribution in [1.29, 1.82) is 0 Å². The standard InChI is InChI=1S/C15H23NO2.ClH/c1-3-8-16(9-4-2)12-10-13-14(17)6-5-7-15(13)18-11-12;/h5-7,12,17H,3-4,8-11H2,1-2H3;1H. The van der Waals surface area contributed by atoms with E-state index < -0.39 is 0 Å². The lowest BCUT2D eigenvalue weighted by Crippen LogP contribution is -2.43. The third-order valence-electron chi connectivity index (χ3n) is 3.52. The van der Waals surface area contributed by atoms with Crippen LogP contribution in [0.3, 0.4) is 0 Å². The van der Waals surface area contributed by atoms with E-state index in [1.54, 1.807) is 6.07 Å². The maximum Gasteiger partial charge on any atom is 0.126 e. The molecule has 1 atom stereocenters. The molecule has 2 rings (SSSR count). The molecule has 1 N–H and O–H groups in total. The highest BCUT2D eigenvalue weighted by Crippen LogP contribution is 2.33. The normalized spacial score (nSPS) is 17.5.